The van der Waals surface area contributed by atoms with Gasteiger partial charge in [0.2, 0.25) is 0 Å². The van der Waals surface area contributed by atoms with Crippen molar-refractivity contribution >= 4 is 5.97 Å². The first-order valence-corrected chi connectivity index (χ1v) is 3.65. The Morgan fingerprint density at radius 2 is 2.20 bits per heavy atom. The Hall–Kier alpha value is -0.570. The zero-order chi connectivity index (χ0) is 7.98. The van der Waals surface area contributed by atoms with Crippen molar-refractivity contribution in [2.75, 3.05) is 6.54 Å². The van der Waals surface area contributed by atoms with Gasteiger partial charge in [0.05, 0.1) is 5.92 Å². The first-order valence-electron chi connectivity index (χ1n) is 3.65. The van der Waals surface area contributed by atoms with E-state index in [1.165, 1.54) is 0 Å². The van der Waals surface area contributed by atoms with Crippen molar-refractivity contribution in [2.45, 2.75) is 27.2 Å². The van der Waals surface area contributed by atoms with E-state index in [1.807, 2.05) is 20.8 Å². The van der Waals surface area contributed by atoms with Gasteiger partial charge < -0.3 is 4.84 Å². The maximum absolute atomic E-state index is 10.8. The Labute approximate surface area is 61.7 Å². The predicted molar refractivity (Wildman–Crippen MR) is 39.2 cm³/mol. The van der Waals surface area contributed by atoms with Gasteiger partial charge in [0.1, 0.15) is 0 Å². The lowest BCUT2D eigenvalue weighted by Crippen LogP contribution is -2.23. The summed E-state index contributed by atoms with van der Waals surface area (Å²) in [6, 6.07) is 0. The van der Waals surface area contributed by atoms with Crippen LogP contribution in [0.15, 0.2) is 0 Å². The Bertz CT molecular complexity index is 104. The van der Waals surface area contributed by atoms with Crippen LogP contribution in [-0.4, -0.2) is 12.5 Å². The van der Waals surface area contributed by atoms with Crippen LogP contribution in [-0.2, 0) is 9.63 Å². The lowest BCUT2D eigenvalue weighted by atomic mass is 10.1. The zero-order valence-corrected chi connectivity index (χ0v) is 6.81. The number of hydrogen-bond donors (Lipinski definition) is 1. The summed E-state index contributed by atoms with van der Waals surface area (Å²) in [5, 5.41) is 0. The van der Waals surface area contributed by atoms with E-state index in [2.05, 4.69) is 10.3 Å². The van der Waals surface area contributed by atoms with E-state index in [9.17, 15) is 4.79 Å². The third-order valence-corrected chi connectivity index (χ3v) is 1.33. The highest BCUT2D eigenvalue weighted by Crippen LogP contribution is 2.01. The molecule has 0 rings (SSSR count). The number of hydrogen-bond acceptors (Lipinski definition) is 3. The lowest BCUT2D eigenvalue weighted by Gasteiger charge is -2.07. The third kappa shape index (κ3) is 3.45. The summed E-state index contributed by atoms with van der Waals surface area (Å²) < 4.78 is 0. The van der Waals surface area contributed by atoms with Crippen LogP contribution in [0.2, 0.25) is 0 Å². The summed E-state index contributed by atoms with van der Waals surface area (Å²) in [4.78, 5) is 15.5. The van der Waals surface area contributed by atoms with E-state index >= 15 is 0 Å². The molecule has 1 unspecified atom stereocenters. The molecular formula is C7H15NO2. The van der Waals surface area contributed by atoms with Gasteiger partial charge in [-0.25, -0.2) is 0 Å². The summed E-state index contributed by atoms with van der Waals surface area (Å²) in [6.45, 7) is 6.34. The average Bonchev–Trinajstić information content (AvgIpc) is 1.98. The van der Waals surface area contributed by atoms with Gasteiger partial charge in [-0.2, -0.15) is 5.48 Å². The van der Waals surface area contributed by atoms with E-state index in [0.29, 0.717) is 6.54 Å². The van der Waals surface area contributed by atoms with E-state index in [1.54, 1.807) is 0 Å². The smallest absolute Gasteiger partial charge is 0.327 e. The van der Waals surface area contributed by atoms with Gasteiger partial charge in [0.15, 0.2) is 0 Å². The van der Waals surface area contributed by atoms with Crippen molar-refractivity contribution in [2.24, 2.45) is 5.92 Å². The SMILES string of the molecule is CCNOC(=O)C(C)CC. The maximum atomic E-state index is 10.8. The van der Waals surface area contributed by atoms with Gasteiger partial charge in [0.25, 0.3) is 0 Å². The molecule has 0 aliphatic carbocycles. The molecule has 0 bridgehead atoms. The molecule has 0 aliphatic heterocycles. The van der Waals surface area contributed by atoms with Crippen molar-refractivity contribution in [3.8, 4) is 0 Å². The molecule has 0 saturated heterocycles. The number of carbonyl (C=O) groups excluding carboxylic acids is 1. The van der Waals surface area contributed by atoms with Crippen LogP contribution in [0.5, 0.6) is 0 Å². The molecule has 10 heavy (non-hydrogen) atoms. The summed E-state index contributed by atoms with van der Waals surface area (Å²) >= 11 is 0. The minimum Gasteiger partial charge on any atom is -0.370 e. The van der Waals surface area contributed by atoms with Crippen molar-refractivity contribution in [1.82, 2.24) is 5.48 Å². The normalized spacial score (nSPS) is 12.7. The molecule has 0 aliphatic rings. The molecule has 0 saturated carbocycles. The van der Waals surface area contributed by atoms with E-state index in [4.69, 9.17) is 0 Å². The van der Waals surface area contributed by atoms with Crippen LogP contribution in [0.25, 0.3) is 0 Å². The van der Waals surface area contributed by atoms with Crippen LogP contribution >= 0.6 is 0 Å². The Morgan fingerprint density at radius 3 is 2.60 bits per heavy atom. The lowest BCUT2D eigenvalue weighted by molar-refractivity contribution is -0.155. The van der Waals surface area contributed by atoms with Crippen LogP contribution in [0, 0.1) is 5.92 Å². The van der Waals surface area contributed by atoms with Crippen molar-refractivity contribution < 1.29 is 9.63 Å². The largest absolute Gasteiger partial charge is 0.370 e. The fraction of sp³-hybridized carbons (Fsp3) is 0.857. The molecule has 0 heterocycles. The summed E-state index contributed by atoms with van der Waals surface area (Å²) in [6.07, 6.45) is 0.824. The van der Waals surface area contributed by atoms with Crippen LogP contribution < -0.4 is 5.48 Å². The second kappa shape index (κ2) is 5.23. The molecule has 0 amide bonds. The summed E-state index contributed by atoms with van der Waals surface area (Å²) in [7, 11) is 0. The van der Waals surface area contributed by atoms with Crippen molar-refractivity contribution in [3.05, 3.63) is 0 Å². The molecule has 3 nitrogen and oxygen atoms in total. The second-order valence-corrected chi connectivity index (χ2v) is 2.23. The summed E-state index contributed by atoms with van der Waals surface area (Å²) in [5.74, 6) is -0.177. The first-order chi connectivity index (χ1) is 4.72. The molecule has 60 valence electrons. The topological polar surface area (TPSA) is 38.3 Å². The molecule has 1 atom stereocenters. The summed E-state index contributed by atoms with van der Waals surface area (Å²) in [5.41, 5.74) is 2.51. The van der Waals surface area contributed by atoms with Crippen molar-refractivity contribution in [1.29, 1.82) is 0 Å². The van der Waals surface area contributed by atoms with E-state index < -0.39 is 0 Å². The molecule has 0 fully saturated rings. The van der Waals surface area contributed by atoms with Gasteiger partial charge in [-0.3, -0.25) is 4.79 Å². The quantitative estimate of drug-likeness (QED) is 0.602. The molecular weight excluding hydrogens is 130 g/mol. The predicted octanol–water partition coefficient (Wildman–Crippen LogP) is 1.10. The highest BCUT2D eigenvalue weighted by Gasteiger charge is 2.10. The standard InChI is InChI=1S/C7H15NO2/c1-4-6(3)7(9)10-8-5-2/h6,8H,4-5H2,1-3H3. The Kier molecular flexibility index (Phi) is 4.94. The molecule has 0 aromatic carbocycles. The van der Waals surface area contributed by atoms with E-state index in [-0.39, 0.29) is 11.9 Å². The van der Waals surface area contributed by atoms with Crippen molar-refractivity contribution in [3.63, 3.8) is 0 Å². The fourth-order valence-electron chi connectivity index (χ4n) is 0.411. The fourth-order valence-corrected chi connectivity index (χ4v) is 0.411. The second-order valence-electron chi connectivity index (χ2n) is 2.23. The zero-order valence-electron chi connectivity index (χ0n) is 6.81. The van der Waals surface area contributed by atoms with Gasteiger partial charge in [0, 0.05) is 6.54 Å². The maximum Gasteiger partial charge on any atom is 0.327 e. The minimum atomic E-state index is -0.177. The van der Waals surface area contributed by atoms with Gasteiger partial charge in [-0.15, -0.1) is 0 Å². The number of rotatable bonds is 4. The average molecular weight is 145 g/mol. The van der Waals surface area contributed by atoms with E-state index in [0.717, 1.165) is 6.42 Å². The number of nitrogens with one attached hydrogen (secondary N) is 1. The molecule has 1 N–H and O–H groups in total. The molecule has 0 spiro atoms. The van der Waals surface area contributed by atoms with Crippen LogP contribution in [0.4, 0.5) is 0 Å². The molecule has 0 aromatic heterocycles. The molecule has 0 radical (unpaired) electrons. The highest BCUT2D eigenvalue weighted by molar-refractivity contribution is 5.71. The van der Waals surface area contributed by atoms with Gasteiger partial charge in [-0.1, -0.05) is 13.8 Å². The molecule has 3 heteroatoms. The third-order valence-electron chi connectivity index (χ3n) is 1.33. The Morgan fingerprint density at radius 1 is 1.60 bits per heavy atom. The molecule has 0 aromatic rings. The first kappa shape index (κ1) is 9.43. The van der Waals surface area contributed by atoms with Crippen LogP contribution in [0.3, 0.4) is 0 Å². The van der Waals surface area contributed by atoms with Gasteiger partial charge >= 0.3 is 5.97 Å². The van der Waals surface area contributed by atoms with Gasteiger partial charge in [-0.05, 0) is 13.3 Å². The number of carbonyl (C=O) groups is 1. The van der Waals surface area contributed by atoms with Crippen LogP contribution in [0.1, 0.15) is 27.2 Å². The Balaban J connectivity index is 3.42. The minimum absolute atomic E-state index is 0.000880. The monoisotopic (exact) mass is 145 g/mol. The number of hydroxylamine groups is 1. The highest BCUT2D eigenvalue weighted by atomic mass is 16.7.